The number of nitrogens with one attached hydrogen (secondary N) is 1. The summed E-state index contributed by atoms with van der Waals surface area (Å²) in [6, 6.07) is 1.53. The van der Waals surface area contributed by atoms with Gasteiger partial charge in [0.1, 0.15) is 12.3 Å². The number of nitrogens with zero attached hydrogens (tertiary/aromatic N) is 2. The Morgan fingerprint density at radius 3 is 2.62 bits per heavy atom. The number of aromatic nitrogens is 1. The van der Waals surface area contributed by atoms with Gasteiger partial charge in [-0.15, -0.1) is 11.8 Å². The van der Waals surface area contributed by atoms with Crippen LogP contribution in [0.1, 0.15) is 25.5 Å². The molecule has 0 radical (unpaired) electrons. The van der Waals surface area contributed by atoms with Crippen LogP contribution in [-0.4, -0.2) is 52.6 Å². The van der Waals surface area contributed by atoms with Gasteiger partial charge < -0.3 is 14.7 Å². The van der Waals surface area contributed by atoms with Crippen molar-refractivity contribution >= 4 is 29.4 Å². The van der Waals surface area contributed by atoms with Crippen molar-refractivity contribution < 1.29 is 27.3 Å². The maximum atomic E-state index is 12.5. The fourth-order valence-corrected chi connectivity index (χ4v) is 2.50. The van der Waals surface area contributed by atoms with Crippen LogP contribution in [0.5, 0.6) is 0 Å². The third-order valence-corrected chi connectivity index (χ3v) is 3.78. The average Bonchev–Trinajstić information content (AvgIpc) is 2.87. The summed E-state index contributed by atoms with van der Waals surface area (Å²) in [5.41, 5.74) is 0. The molecule has 0 spiro atoms. The third-order valence-electron chi connectivity index (χ3n) is 2.86. The van der Waals surface area contributed by atoms with Crippen LogP contribution in [-0.2, 0) is 9.59 Å². The number of carbonyl (C=O) groups excluding carboxylic acids is 2. The highest BCUT2D eigenvalue weighted by atomic mass is 32.2. The number of hydrogen-bond donors (Lipinski definition) is 1. The Morgan fingerprint density at radius 2 is 2.08 bits per heavy atom. The molecule has 0 atom stereocenters. The Morgan fingerprint density at radius 1 is 1.38 bits per heavy atom. The second-order valence-electron chi connectivity index (χ2n) is 5.15. The molecule has 1 rings (SSSR count). The van der Waals surface area contributed by atoms with Gasteiger partial charge in [-0.1, -0.05) is 18.5 Å². The smallest absolute Gasteiger partial charge is 0.360 e. The molecular formula is C14H20F3N3O3S. The van der Waals surface area contributed by atoms with Crippen molar-refractivity contribution in [1.82, 2.24) is 10.1 Å². The SMILES string of the molecule is CCCCN(CC(F)(F)F)C(=O)CSCC(=O)Nc1cc(C)on1. The van der Waals surface area contributed by atoms with Crippen LogP contribution >= 0.6 is 11.8 Å². The molecule has 1 N–H and O–H groups in total. The Bertz CT molecular complexity index is 549. The van der Waals surface area contributed by atoms with E-state index in [9.17, 15) is 22.8 Å². The quantitative estimate of drug-likeness (QED) is 0.726. The first-order valence-corrected chi connectivity index (χ1v) is 8.52. The Balaban J connectivity index is 2.39. The van der Waals surface area contributed by atoms with Crippen molar-refractivity contribution in [2.45, 2.75) is 32.9 Å². The van der Waals surface area contributed by atoms with Crippen molar-refractivity contribution in [3.8, 4) is 0 Å². The summed E-state index contributed by atoms with van der Waals surface area (Å²) in [4.78, 5) is 24.4. The first kappa shape index (κ1) is 20.3. The minimum atomic E-state index is -4.43. The number of hydrogen-bond acceptors (Lipinski definition) is 5. The zero-order valence-corrected chi connectivity index (χ0v) is 14.3. The van der Waals surface area contributed by atoms with Gasteiger partial charge in [0.25, 0.3) is 0 Å². The van der Waals surface area contributed by atoms with Gasteiger partial charge in [0, 0.05) is 12.6 Å². The Hall–Kier alpha value is -1.71. The highest BCUT2D eigenvalue weighted by molar-refractivity contribution is 8.00. The lowest BCUT2D eigenvalue weighted by Gasteiger charge is -2.23. The highest BCUT2D eigenvalue weighted by Gasteiger charge is 2.32. The molecule has 0 aromatic carbocycles. The zero-order chi connectivity index (χ0) is 18.2. The van der Waals surface area contributed by atoms with Crippen LogP contribution in [0.2, 0.25) is 0 Å². The van der Waals surface area contributed by atoms with E-state index in [0.717, 1.165) is 16.7 Å². The molecule has 0 saturated carbocycles. The molecule has 0 saturated heterocycles. The number of alkyl halides is 3. The van der Waals surface area contributed by atoms with Gasteiger partial charge in [-0.3, -0.25) is 9.59 Å². The molecule has 0 aliphatic carbocycles. The molecular weight excluding hydrogens is 347 g/mol. The van der Waals surface area contributed by atoms with Gasteiger partial charge in [0.15, 0.2) is 5.82 Å². The van der Waals surface area contributed by atoms with E-state index in [2.05, 4.69) is 10.5 Å². The average molecular weight is 367 g/mol. The minimum absolute atomic E-state index is 0.0554. The van der Waals surface area contributed by atoms with E-state index in [0.29, 0.717) is 18.6 Å². The molecule has 0 aliphatic heterocycles. The van der Waals surface area contributed by atoms with Crippen molar-refractivity contribution in [3.05, 3.63) is 11.8 Å². The summed E-state index contributed by atoms with van der Waals surface area (Å²) >= 11 is 0.954. The normalized spacial score (nSPS) is 11.4. The van der Waals surface area contributed by atoms with Crippen molar-refractivity contribution in [1.29, 1.82) is 0 Å². The van der Waals surface area contributed by atoms with E-state index in [-0.39, 0.29) is 23.9 Å². The van der Waals surface area contributed by atoms with E-state index >= 15 is 0 Å². The van der Waals surface area contributed by atoms with Crippen LogP contribution in [0.25, 0.3) is 0 Å². The fraction of sp³-hybridized carbons (Fsp3) is 0.643. The van der Waals surface area contributed by atoms with Gasteiger partial charge in [0.05, 0.1) is 11.5 Å². The van der Waals surface area contributed by atoms with Crippen molar-refractivity contribution in [2.75, 3.05) is 29.9 Å². The lowest BCUT2D eigenvalue weighted by Crippen LogP contribution is -2.40. The van der Waals surface area contributed by atoms with Gasteiger partial charge in [-0.05, 0) is 13.3 Å². The predicted octanol–water partition coefficient (Wildman–Crippen LogP) is 2.85. The Kier molecular flexibility index (Phi) is 8.09. The monoisotopic (exact) mass is 367 g/mol. The van der Waals surface area contributed by atoms with E-state index < -0.39 is 24.5 Å². The summed E-state index contributed by atoms with van der Waals surface area (Å²) in [5, 5.41) is 6.05. The number of amides is 2. The molecule has 24 heavy (non-hydrogen) atoms. The van der Waals surface area contributed by atoms with Crippen LogP contribution in [0.15, 0.2) is 10.6 Å². The molecule has 0 unspecified atom stereocenters. The standard InChI is InChI=1S/C14H20F3N3O3S/c1-3-4-5-20(9-14(15,16)17)13(22)8-24-7-12(21)18-11-6-10(2)23-19-11/h6H,3-5,7-9H2,1-2H3,(H,18,19,21). The van der Waals surface area contributed by atoms with Crippen molar-refractivity contribution in [3.63, 3.8) is 0 Å². The zero-order valence-electron chi connectivity index (χ0n) is 13.5. The van der Waals surface area contributed by atoms with Gasteiger partial charge in [-0.25, -0.2) is 0 Å². The highest BCUT2D eigenvalue weighted by Crippen LogP contribution is 2.18. The molecule has 1 aromatic heterocycles. The number of thioether (sulfide) groups is 1. The number of rotatable bonds is 9. The van der Waals surface area contributed by atoms with E-state index in [4.69, 9.17) is 4.52 Å². The van der Waals surface area contributed by atoms with E-state index in [1.165, 1.54) is 6.07 Å². The summed E-state index contributed by atoms with van der Waals surface area (Å²) in [5.74, 6) is -0.498. The van der Waals surface area contributed by atoms with Crippen LogP contribution < -0.4 is 5.32 Å². The molecule has 10 heteroatoms. The lowest BCUT2D eigenvalue weighted by molar-refractivity contribution is -0.159. The largest absolute Gasteiger partial charge is 0.406 e. The van der Waals surface area contributed by atoms with E-state index in [1.54, 1.807) is 6.92 Å². The topological polar surface area (TPSA) is 75.4 Å². The summed E-state index contributed by atoms with van der Waals surface area (Å²) in [6.07, 6.45) is -3.25. The number of halogens is 3. The number of aryl methyl sites for hydroxylation is 1. The maximum absolute atomic E-state index is 12.5. The molecule has 0 aliphatic rings. The Labute approximate surface area is 142 Å². The van der Waals surface area contributed by atoms with Crippen LogP contribution in [0.4, 0.5) is 19.0 Å². The minimum Gasteiger partial charge on any atom is -0.360 e. The predicted molar refractivity (Wildman–Crippen MR) is 84.7 cm³/mol. The molecule has 0 bridgehead atoms. The van der Waals surface area contributed by atoms with Gasteiger partial charge in [-0.2, -0.15) is 13.2 Å². The molecule has 2 amide bonds. The summed E-state index contributed by atoms with van der Waals surface area (Å²) < 4.78 is 42.3. The molecule has 0 fully saturated rings. The first-order chi connectivity index (χ1) is 11.2. The maximum Gasteiger partial charge on any atom is 0.406 e. The number of carbonyl (C=O) groups is 2. The second kappa shape index (κ2) is 9.55. The molecule has 1 aromatic rings. The number of unbranched alkanes of at least 4 members (excludes halogenated alkanes) is 1. The summed E-state index contributed by atoms with van der Waals surface area (Å²) in [7, 11) is 0. The summed E-state index contributed by atoms with van der Waals surface area (Å²) in [6.45, 7) is 2.29. The van der Waals surface area contributed by atoms with Crippen LogP contribution in [0, 0.1) is 6.92 Å². The first-order valence-electron chi connectivity index (χ1n) is 7.36. The lowest BCUT2D eigenvalue weighted by atomic mass is 10.3. The van der Waals surface area contributed by atoms with Crippen LogP contribution in [0.3, 0.4) is 0 Å². The third kappa shape index (κ3) is 8.23. The molecule has 1 heterocycles. The molecule has 6 nitrogen and oxygen atoms in total. The second-order valence-corrected chi connectivity index (χ2v) is 6.13. The van der Waals surface area contributed by atoms with Crippen molar-refractivity contribution in [2.24, 2.45) is 0 Å². The van der Waals surface area contributed by atoms with Gasteiger partial charge >= 0.3 is 6.18 Å². The fourth-order valence-electron chi connectivity index (χ4n) is 1.78. The molecule has 136 valence electrons. The van der Waals surface area contributed by atoms with E-state index in [1.807, 2.05) is 6.92 Å². The number of anilines is 1. The van der Waals surface area contributed by atoms with Gasteiger partial charge in [0.2, 0.25) is 11.8 Å².